The Labute approximate surface area is 196 Å². The lowest BCUT2D eigenvalue weighted by Crippen LogP contribution is -2.37. The summed E-state index contributed by atoms with van der Waals surface area (Å²) in [6.45, 7) is 4.13. The summed E-state index contributed by atoms with van der Waals surface area (Å²) in [7, 11) is 0. The van der Waals surface area contributed by atoms with Crippen LogP contribution < -0.4 is 5.56 Å². The van der Waals surface area contributed by atoms with E-state index in [9.17, 15) is 9.59 Å². The minimum Gasteiger partial charge on any atom is -0.337 e. The number of aryl methyl sites for hydroxylation is 1. The first-order valence-corrected chi connectivity index (χ1v) is 12.5. The maximum Gasteiger partial charge on any atom is 0.262 e. The van der Waals surface area contributed by atoms with E-state index in [1.54, 1.807) is 4.57 Å². The number of amides is 1. The Morgan fingerprint density at radius 3 is 2.67 bits per heavy atom. The third-order valence-electron chi connectivity index (χ3n) is 6.27. The third-order valence-corrected chi connectivity index (χ3v) is 7.19. The fourth-order valence-electron chi connectivity index (χ4n) is 4.47. The molecule has 4 aromatic rings. The molecule has 2 aromatic carbocycles. The molecule has 1 amide bonds. The van der Waals surface area contributed by atoms with Crippen LogP contribution in [0.3, 0.4) is 0 Å². The number of carbonyl (C=O) groups is 1. The molecule has 0 N–H and O–H groups in total. The van der Waals surface area contributed by atoms with Crippen LogP contribution >= 0.6 is 11.8 Å². The predicted octanol–water partition coefficient (Wildman–Crippen LogP) is 3.91. The van der Waals surface area contributed by atoms with E-state index in [2.05, 4.69) is 35.3 Å². The second-order valence-electron chi connectivity index (χ2n) is 8.42. The second-order valence-corrected chi connectivity index (χ2v) is 9.36. The van der Waals surface area contributed by atoms with Gasteiger partial charge in [-0.05, 0) is 36.1 Å². The van der Waals surface area contributed by atoms with Crippen molar-refractivity contribution in [1.82, 2.24) is 24.1 Å². The molecule has 0 aliphatic carbocycles. The molecule has 1 aliphatic rings. The Bertz CT molecular complexity index is 1380. The number of thioether (sulfide) groups is 1. The van der Waals surface area contributed by atoms with E-state index in [0.29, 0.717) is 29.4 Å². The summed E-state index contributed by atoms with van der Waals surface area (Å²) in [4.78, 5) is 28.0. The minimum atomic E-state index is -0.0405. The Morgan fingerprint density at radius 1 is 1.03 bits per heavy atom. The summed E-state index contributed by atoms with van der Waals surface area (Å²) in [5, 5.41) is 10.0. The van der Waals surface area contributed by atoms with Gasteiger partial charge in [0, 0.05) is 19.6 Å². The van der Waals surface area contributed by atoms with Gasteiger partial charge in [0.25, 0.3) is 5.56 Å². The predicted molar refractivity (Wildman–Crippen MR) is 131 cm³/mol. The van der Waals surface area contributed by atoms with Gasteiger partial charge >= 0.3 is 0 Å². The van der Waals surface area contributed by atoms with Crippen molar-refractivity contribution < 1.29 is 4.79 Å². The highest BCUT2D eigenvalue weighted by molar-refractivity contribution is 7.99. The van der Waals surface area contributed by atoms with E-state index in [1.807, 2.05) is 39.6 Å². The number of para-hydroxylation sites is 1. The van der Waals surface area contributed by atoms with E-state index < -0.39 is 0 Å². The van der Waals surface area contributed by atoms with E-state index in [-0.39, 0.29) is 17.2 Å². The minimum absolute atomic E-state index is 0.0405. The fraction of sp³-hybridized carbons (Fsp3) is 0.360. The standard InChI is InChI=1S/C25H27N5O2S/c1-2-3-8-14-29-23(32)20-11-6-7-12-21(20)30-24(29)26-27-25(30)33-17-22(31)28-15-13-18-9-4-5-10-19(18)16-28/h4-7,9-12H,2-3,8,13-17H2,1H3. The van der Waals surface area contributed by atoms with Gasteiger partial charge in [0.15, 0.2) is 5.16 Å². The van der Waals surface area contributed by atoms with E-state index in [4.69, 9.17) is 0 Å². The molecule has 5 rings (SSSR count). The summed E-state index contributed by atoms with van der Waals surface area (Å²) in [5.41, 5.74) is 3.28. The number of rotatable bonds is 7. The number of nitrogens with zero attached hydrogens (tertiary/aromatic N) is 5. The van der Waals surface area contributed by atoms with Gasteiger partial charge < -0.3 is 4.90 Å². The van der Waals surface area contributed by atoms with Crippen molar-refractivity contribution >= 4 is 34.3 Å². The quantitative estimate of drug-likeness (QED) is 0.308. The molecule has 0 atom stereocenters. The molecule has 170 valence electrons. The van der Waals surface area contributed by atoms with Crippen LogP contribution in [-0.4, -0.2) is 42.3 Å². The average Bonchev–Trinajstić information content (AvgIpc) is 3.28. The van der Waals surface area contributed by atoms with Crippen LogP contribution in [0, 0.1) is 0 Å². The summed E-state index contributed by atoms with van der Waals surface area (Å²) in [6.07, 6.45) is 3.92. The summed E-state index contributed by atoms with van der Waals surface area (Å²) >= 11 is 1.38. The molecule has 0 saturated heterocycles. The summed E-state index contributed by atoms with van der Waals surface area (Å²) in [6, 6.07) is 15.9. The van der Waals surface area contributed by atoms with Crippen molar-refractivity contribution in [2.24, 2.45) is 0 Å². The number of benzene rings is 2. The number of aromatic nitrogens is 4. The molecule has 2 aromatic heterocycles. The van der Waals surface area contributed by atoms with Crippen molar-refractivity contribution in [1.29, 1.82) is 0 Å². The Kier molecular flexibility index (Phi) is 6.17. The molecule has 3 heterocycles. The van der Waals surface area contributed by atoms with Crippen LogP contribution in [-0.2, 0) is 24.3 Å². The number of hydrogen-bond donors (Lipinski definition) is 0. The number of carbonyl (C=O) groups excluding carboxylic acids is 1. The van der Waals surface area contributed by atoms with Crippen LogP contribution in [0.25, 0.3) is 16.7 Å². The molecular formula is C25H27N5O2S. The average molecular weight is 462 g/mol. The molecule has 8 heteroatoms. The first-order chi connectivity index (χ1) is 16.2. The van der Waals surface area contributed by atoms with Gasteiger partial charge in [0.1, 0.15) is 0 Å². The molecule has 0 unspecified atom stereocenters. The van der Waals surface area contributed by atoms with Crippen LogP contribution in [0.4, 0.5) is 0 Å². The maximum atomic E-state index is 13.1. The maximum absolute atomic E-state index is 13.1. The zero-order valence-corrected chi connectivity index (χ0v) is 19.6. The number of unbranched alkanes of at least 4 members (excludes halogenated alkanes) is 2. The van der Waals surface area contributed by atoms with E-state index in [0.717, 1.165) is 37.7 Å². The molecule has 0 fully saturated rings. The summed E-state index contributed by atoms with van der Waals surface area (Å²) < 4.78 is 3.64. The molecule has 0 spiro atoms. The van der Waals surface area contributed by atoms with Crippen molar-refractivity contribution in [3.8, 4) is 0 Å². The van der Waals surface area contributed by atoms with E-state index in [1.165, 1.54) is 22.9 Å². The second kappa shape index (κ2) is 9.39. The monoisotopic (exact) mass is 461 g/mol. The highest BCUT2D eigenvalue weighted by Gasteiger charge is 2.22. The van der Waals surface area contributed by atoms with Crippen molar-refractivity contribution in [3.63, 3.8) is 0 Å². The zero-order chi connectivity index (χ0) is 22.8. The lowest BCUT2D eigenvalue weighted by atomic mass is 10.00. The zero-order valence-electron chi connectivity index (χ0n) is 18.7. The fourth-order valence-corrected chi connectivity index (χ4v) is 5.32. The van der Waals surface area contributed by atoms with Crippen molar-refractivity contribution in [2.75, 3.05) is 12.3 Å². The van der Waals surface area contributed by atoms with Crippen LogP contribution in [0.2, 0.25) is 0 Å². The largest absolute Gasteiger partial charge is 0.337 e. The summed E-state index contributed by atoms with van der Waals surface area (Å²) in [5.74, 6) is 0.912. The van der Waals surface area contributed by atoms with Gasteiger partial charge in [0.2, 0.25) is 11.7 Å². The molecule has 0 bridgehead atoms. The smallest absolute Gasteiger partial charge is 0.262 e. The van der Waals surface area contributed by atoms with Crippen LogP contribution in [0.15, 0.2) is 58.5 Å². The van der Waals surface area contributed by atoms with Gasteiger partial charge in [-0.25, -0.2) is 0 Å². The topological polar surface area (TPSA) is 72.5 Å². The first-order valence-electron chi connectivity index (χ1n) is 11.5. The Morgan fingerprint density at radius 2 is 1.82 bits per heavy atom. The van der Waals surface area contributed by atoms with Crippen LogP contribution in [0.1, 0.15) is 37.3 Å². The first kappa shape index (κ1) is 21.7. The Balaban J connectivity index is 1.42. The van der Waals surface area contributed by atoms with Crippen LogP contribution in [0.5, 0.6) is 0 Å². The molecule has 0 radical (unpaired) electrons. The highest BCUT2D eigenvalue weighted by atomic mass is 32.2. The lowest BCUT2D eigenvalue weighted by molar-refractivity contribution is -0.129. The Hall–Kier alpha value is -3.13. The lowest BCUT2D eigenvalue weighted by Gasteiger charge is -2.28. The van der Waals surface area contributed by atoms with Gasteiger partial charge in [-0.3, -0.25) is 18.6 Å². The van der Waals surface area contributed by atoms with Gasteiger partial charge in [-0.1, -0.05) is 67.9 Å². The third kappa shape index (κ3) is 4.15. The molecule has 33 heavy (non-hydrogen) atoms. The van der Waals surface area contributed by atoms with Gasteiger partial charge in [-0.15, -0.1) is 10.2 Å². The molecular weight excluding hydrogens is 434 g/mol. The molecule has 7 nitrogen and oxygen atoms in total. The van der Waals surface area contributed by atoms with Gasteiger partial charge in [-0.2, -0.15) is 0 Å². The molecule has 0 saturated carbocycles. The molecule has 1 aliphatic heterocycles. The normalized spacial score (nSPS) is 13.5. The SMILES string of the molecule is CCCCCn1c(=O)c2ccccc2n2c(SCC(=O)N3CCc4ccccc4C3)nnc12. The van der Waals surface area contributed by atoms with Crippen molar-refractivity contribution in [3.05, 3.63) is 70.0 Å². The highest BCUT2D eigenvalue weighted by Crippen LogP contribution is 2.24. The van der Waals surface area contributed by atoms with Gasteiger partial charge in [0.05, 0.1) is 16.7 Å². The number of fused-ring (bicyclic) bond motifs is 4. The van der Waals surface area contributed by atoms with Crippen molar-refractivity contribution in [2.45, 2.75) is 50.9 Å². The number of hydrogen-bond acceptors (Lipinski definition) is 5. The van der Waals surface area contributed by atoms with E-state index >= 15 is 0 Å².